The molecule has 0 aliphatic carbocycles. The number of nitrogens with zero attached hydrogens (tertiary/aromatic N) is 3. The van der Waals surface area contributed by atoms with Crippen LogP contribution in [0.15, 0.2) is 18.2 Å². The van der Waals surface area contributed by atoms with E-state index in [4.69, 9.17) is 4.74 Å². The summed E-state index contributed by atoms with van der Waals surface area (Å²) in [5.41, 5.74) is 2.62. The summed E-state index contributed by atoms with van der Waals surface area (Å²) in [5.74, 6) is 0.676. The lowest BCUT2D eigenvalue weighted by atomic mass is 9.81. The average Bonchev–Trinajstić information content (AvgIpc) is 2.83. The number of pyridine rings is 1. The van der Waals surface area contributed by atoms with Crippen molar-refractivity contribution in [2.45, 2.75) is 13.5 Å². The number of hydrogen-bond donors (Lipinski definition) is 0. The molecule has 4 heteroatoms. The fourth-order valence-corrected chi connectivity index (χ4v) is 3.83. The third-order valence-electron chi connectivity index (χ3n) is 4.55. The van der Waals surface area contributed by atoms with Crippen LogP contribution < -0.4 is 0 Å². The summed E-state index contributed by atoms with van der Waals surface area (Å²) in [6, 6.07) is 6.30. The maximum absolute atomic E-state index is 5.76. The van der Waals surface area contributed by atoms with E-state index >= 15 is 0 Å². The van der Waals surface area contributed by atoms with E-state index in [2.05, 4.69) is 54.0 Å². The quantitative estimate of drug-likeness (QED) is 0.830. The van der Waals surface area contributed by atoms with Gasteiger partial charge in [0, 0.05) is 43.2 Å². The summed E-state index contributed by atoms with van der Waals surface area (Å²) in [6.45, 7) is 8.25. The lowest BCUT2D eigenvalue weighted by molar-refractivity contribution is 0.109. The zero-order valence-electron chi connectivity index (χ0n) is 12.8. The molecular formula is C16H25N3O. The van der Waals surface area contributed by atoms with E-state index in [-0.39, 0.29) is 0 Å². The Hall–Kier alpha value is -0.970. The fraction of sp³-hybridized carbons (Fsp3) is 0.688. The third kappa shape index (κ3) is 2.73. The lowest BCUT2D eigenvalue weighted by Gasteiger charge is -2.30. The van der Waals surface area contributed by atoms with Gasteiger partial charge in [-0.05, 0) is 33.2 Å². The Kier molecular flexibility index (Phi) is 3.80. The Balaban J connectivity index is 1.69. The number of hydrogen-bond acceptors (Lipinski definition) is 4. The molecule has 4 nitrogen and oxygen atoms in total. The highest BCUT2D eigenvalue weighted by molar-refractivity contribution is 5.11. The molecule has 1 aromatic heterocycles. The van der Waals surface area contributed by atoms with Crippen molar-refractivity contribution in [3.63, 3.8) is 0 Å². The number of aromatic nitrogens is 1. The minimum absolute atomic E-state index is 0.327. The van der Waals surface area contributed by atoms with E-state index in [1.165, 1.54) is 5.69 Å². The standard InChI is InChI=1S/C16H25N3O/c1-13-5-4-6-15(17-13)8-19-7-14-9-20-12-16(14,11-19)10-18(2)3/h4-6,14H,7-12H2,1-3H3/t14-,16+/m0/s1. The molecule has 0 unspecified atom stereocenters. The van der Waals surface area contributed by atoms with E-state index in [1.807, 2.05) is 0 Å². The molecule has 0 N–H and O–H groups in total. The van der Waals surface area contributed by atoms with Gasteiger partial charge in [0.1, 0.15) is 0 Å². The van der Waals surface area contributed by atoms with Crippen LogP contribution in [0.1, 0.15) is 11.4 Å². The van der Waals surface area contributed by atoms with Gasteiger partial charge in [-0.2, -0.15) is 0 Å². The van der Waals surface area contributed by atoms with Crippen LogP contribution in [0.25, 0.3) is 0 Å². The van der Waals surface area contributed by atoms with Crippen LogP contribution in [0.2, 0.25) is 0 Å². The monoisotopic (exact) mass is 275 g/mol. The van der Waals surface area contributed by atoms with Gasteiger partial charge in [0.05, 0.1) is 18.9 Å². The highest BCUT2D eigenvalue weighted by atomic mass is 16.5. The molecule has 0 radical (unpaired) electrons. The molecule has 3 rings (SSSR count). The maximum atomic E-state index is 5.76. The minimum atomic E-state index is 0.327. The summed E-state index contributed by atoms with van der Waals surface area (Å²) in [7, 11) is 4.32. The van der Waals surface area contributed by atoms with Crippen molar-refractivity contribution < 1.29 is 4.74 Å². The largest absolute Gasteiger partial charge is 0.380 e. The molecule has 0 spiro atoms. The zero-order valence-corrected chi connectivity index (χ0v) is 12.8. The highest BCUT2D eigenvalue weighted by Gasteiger charge is 2.50. The fourth-order valence-electron chi connectivity index (χ4n) is 3.83. The van der Waals surface area contributed by atoms with Crippen molar-refractivity contribution in [2.75, 3.05) is 46.9 Å². The van der Waals surface area contributed by atoms with Crippen LogP contribution in [0.4, 0.5) is 0 Å². The molecule has 3 heterocycles. The van der Waals surface area contributed by atoms with Crippen molar-refractivity contribution >= 4 is 0 Å². The summed E-state index contributed by atoms with van der Waals surface area (Å²) >= 11 is 0. The van der Waals surface area contributed by atoms with Gasteiger partial charge in [0.15, 0.2) is 0 Å². The SMILES string of the molecule is Cc1cccc(CN2C[C@H]3COC[C@@]3(CN(C)C)C2)n1. The molecule has 0 amide bonds. The Morgan fingerprint density at radius 1 is 1.45 bits per heavy atom. The second-order valence-electron chi connectivity index (χ2n) is 6.75. The van der Waals surface area contributed by atoms with E-state index in [0.29, 0.717) is 11.3 Å². The van der Waals surface area contributed by atoms with Crippen LogP contribution in [0, 0.1) is 18.3 Å². The van der Waals surface area contributed by atoms with Crippen molar-refractivity contribution in [2.24, 2.45) is 11.3 Å². The Labute approximate surface area is 121 Å². The second kappa shape index (κ2) is 5.43. The first-order valence-electron chi connectivity index (χ1n) is 7.45. The van der Waals surface area contributed by atoms with Crippen molar-refractivity contribution in [3.8, 4) is 0 Å². The van der Waals surface area contributed by atoms with Gasteiger partial charge in [-0.3, -0.25) is 9.88 Å². The smallest absolute Gasteiger partial charge is 0.0551 e. The molecule has 1 aromatic rings. The van der Waals surface area contributed by atoms with Crippen LogP contribution >= 0.6 is 0 Å². The predicted octanol–water partition coefficient (Wildman–Crippen LogP) is 1.40. The summed E-state index contributed by atoms with van der Waals surface area (Å²) in [6.07, 6.45) is 0. The Morgan fingerprint density at radius 3 is 3.05 bits per heavy atom. The molecule has 2 fully saturated rings. The predicted molar refractivity (Wildman–Crippen MR) is 79.5 cm³/mol. The molecule has 0 aromatic carbocycles. The first kappa shape index (κ1) is 14.0. The molecular weight excluding hydrogens is 250 g/mol. The van der Waals surface area contributed by atoms with Gasteiger partial charge in [0.2, 0.25) is 0 Å². The Morgan fingerprint density at radius 2 is 2.30 bits per heavy atom. The normalized spacial score (nSPS) is 30.1. The minimum Gasteiger partial charge on any atom is -0.380 e. The van der Waals surface area contributed by atoms with E-state index in [9.17, 15) is 0 Å². The topological polar surface area (TPSA) is 28.6 Å². The number of fused-ring (bicyclic) bond motifs is 1. The lowest BCUT2D eigenvalue weighted by Crippen LogP contribution is -2.40. The maximum Gasteiger partial charge on any atom is 0.0551 e. The van der Waals surface area contributed by atoms with Crippen molar-refractivity contribution in [1.29, 1.82) is 0 Å². The van der Waals surface area contributed by atoms with Gasteiger partial charge in [-0.25, -0.2) is 0 Å². The Bertz CT molecular complexity index is 477. The van der Waals surface area contributed by atoms with Crippen molar-refractivity contribution in [1.82, 2.24) is 14.8 Å². The first-order chi connectivity index (χ1) is 9.57. The van der Waals surface area contributed by atoms with Crippen LogP contribution in [-0.2, 0) is 11.3 Å². The first-order valence-corrected chi connectivity index (χ1v) is 7.45. The molecule has 0 saturated carbocycles. The summed E-state index contributed by atoms with van der Waals surface area (Å²) in [5, 5.41) is 0. The third-order valence-corrected chi connectivity index (χ3v) is 4.55. The summed E-state index contributed by atoms with van der Waals surface area (Å²) < 4.78 is 5.76. The van der Waals surface area contributed by atoms with E-state index in [1.54, 1.807) is 0 Å². The van der Waals surface area contributed by atoms with Gasteiger partial charge in [-0.15, -0.1) is 0 Å². The summed E-state index contributed by atoms with van der Waals surface area (Å²) in [4.78, 5) is 9.49. The van der Waals surface area contributed by atoms with Gasteiger partial charge in [0.25, 0.3) is 0 Å². The van der Waals surface area contributed by atoms with Gasteiger partial charge < -0.3 is 9.64 Å². The highest BCUT2D eigenvalue weighted by Crippen LogP contribution is 2.42. The zero-order chi connectivity index (χ0) is 14.2. The number of rotatable bonds is 4. The van der Waals surface area contributed by atoms with Crippen LogP contribution in [0.5, 0.6) is 0 Å². The molecule has 2 saturated heterocycles. The molecule has 2 aliphatic heterocycles. The van der Waals surface area contributed by atoms with E-state index < -0.39 is 0 Å². The number of ether oxygens (including phenoxy) is 1. The van der Waals surface area contributed by atoms with Gasteiger partial charge >= 0.3 is 0 Å². The molecule has 2 atom stereocenters. The van der Waals surface area contributed by atoms with Crippen molar-refractivity contribution in [3.05, 3.63) is 29.6 Å². The van der Waals surface area contributed by atoms with E-state index in [0.717, 1.165) is 45.1 Å². The average molecular weight is 275 g/mol. The number of aryl methyl sites for hydroxylation is 1. The number of likely N-dealkylation sites (tertiary alicyclic amines) is 1. The molecule has 0 bridgehead atoms. The van der Waals surface area contributed by atoms with Crippen LogP contribution in [0.3, 0.4) is 0 Å². The molecule has 110 valence electrons. The van der Waals surface area contributed by atoms with Gasteiger partial charge in [-0.1, -0.05) is 6.07 Å². The molecule has 2 aliphatic rings. The molecule has 20 heavy (non-hydrogen) atoms. The van der Waals surface area contributed by atoms with Crippen LogP contribution in [-0.4, -0.2) is 61.7 Å². The second-order valence-corrected chi connectivity index (χ2v) is 6.75.